The van der Waals surface area contributed by atoms with E-state index in [0.717, 1.165) is 6.42 Å². The van der Waals surface area contributed by atoms with Gasteiger partial charge in [0.25, 0.3) is 0 Å². The Hall–Kier alpha value is -1.21. The SMILES string of the molecule is CCNC(=NCCNS(=O)(=O)CC)NC1CCN(c2ncccc2F)C1.I. The number of sulfonamides is 1. The Bertz CT molecular complexity index is 719. The van der Waals surface area contributed by atoms with Gasteiger partial charge in [-0.1, -0.05) is 0 Å². The number of hydrogen-bond acceptors (Lipinski definition) is 5. The van der Waals surface area contributed by atoms with Gasteiger partial charge in [0.15, 0.2) is 17.6 Å². The summed E-state index contributed by atoms with van der Waals surface area (Å²) in [6.45, 7) is 6.16. The number of anilines is 1. The summed E-state index contributed by atoms with van der Waals surface area (Å²) in [6.07, 6.45) is 2.42. The number of nitrogens with zero attached hydrogens (tertiary/aromatic N) is 3. The second-order valence-electron chi connectivity index (χ2n) is 5.94. The number of pyridine rings is 1. The molecule has 154 valence electrons. The van der Waals surface area contributed by atoms with Crippen LogP contribution in [-0.2, 0) is 10.0 Å². The lowest BCUT2D eigenvalue weighted by Crippen LogP contribution is -2.45. The minimum atomic E-state index is -3.20. The fourth-order valence-corrected chi connectivity index (χ4v) is 3.27. The second-order valence-corrected chi connectivity index (χ2v) is 8.04. The molecule has 0 radical (unpaired) electrons. The van der Waals surface area contributed by atoms with E-state index in [2.05, 4.69) is 25.3 Å². The lowest BCUT2D eigenvalue weighted by atomic mass is 10.3. The molecule has 0 bridgehead atoms. The van der Waals surface area contributed by atoms with E-state index in [9.17, 15) is 12.8 Å². The molecule has 1 unspecified atom stereocenters. The van der Waals surface area contributed by atoms with E-state index in [0.29, 0.717) is 38.0 Å². The third kappa shape index (κ3) is 7.74. The molecule has 0 aromatic carbocycles. The predicted octanol–water partition coefficient (Wildman–Crippen LogP) is 0.912. The molecule has 11 heteroatoms. The minimum Gasteiger partial charge on any atom is -0.357 e. The third-order valence-corrected chi connectivity index (χ3v) is 5.40. The van der Waals surface area contributed by atoms with Crippen molar-refractivity contribution in [2.24, 2.45) is 4.99 Å². The molecule has 1 saturated heterocycles. The van der Waals surface area contributed by atoms with Crippen LogP contribution in [-0.4, -0.2) is 63.9 Å². The number of guanidine groups is 1. The number of aliphatic imine (C=N–C) groups is 1. The molecule has 1 aliphatic heterocycles. The molecule has 0 amide bonds. The fourth-order valence-electron chi connectivity index (χ4n) is 2.66. The van der Waals surface area contributed by atoms with Crippen molar-refractivity contribution in [2.45, 2.75) is 26.3 Å². The summed E-state index contributed by atoms with van der Waals surface area (Å²) in [6, 6.07) is 3.10. The molecule has 1 aromatic rings. The van der Waals surface area contributed by atoms with Gasteiger partial charge < -0.3 is 15.5 Å². The molecular weight excluding hydrogens is 486 g/mol. The van der Waals surface area contributed by atoms with E-state index < -0.39 is 10.0 Å². The Morgan fingerprint density at radius 3 is 2.89 bits per heavy atom. The molecule has 1 fully saturated rings. The maximum absolute atomic E-state index is 13.9. The number of hydrogen-bond donors (Lipinski definition) is 3. The molecule has 0 saturated carbocycles. The zero-order valence-electron chi connectivity index (χ0n) is 15.6. The zero-order chi connectivity index (χ0) is 19.0. The van der Waals surface area contributed by atoms with Gasteiger partial charge in [-0.25, -0.2) is 22.5 Å². The summed E-state index contributed by atoms with van der Waals surface area (Å²) in [7, 11) is -3.20. The highest BCUT2D eigenvalue weighted by molar-refractivity contribution is 14.0. The second kappa shape index (κ2) is 11.6. The summed E-state index contributed by atoms with van der Waals surface area (Å²) >= 11 is 0. The number of aromatic nitrogens is 1. The summed E-state index contributed by atoms with van der Waals surface area (Å²) in [4.78, 5) is 10.4. The average molecular weight is 514 g/mol. The van der Waals surface area contributed by atoms with Gasteiger partial charge in [0.05, 0.1) is 12.3 Å². The van der Waals surface area contributed by atoms with E-state index in [1.54, 1.807) is 19.2 Å². The Labute approximate surface area is 177 Å². The Balaban J connectivity index is 0.00000364. The van der Waals surface area contributed by atoms with Crippen molar-refractivity contribution in [3.05, 3.63) is 24.1 Å². The first-order valence-electron chi connectivity index (χ1n) is 8.82. The van der Waals surface area contributed by atoms with Crippen LogP contribution in [0.1, 0.15) is 20.3 Å². The molecule has 1 aromatic heterocycles. The van der Waals surface area contributed by atoms with E-state index in [1.165, 1.54) is 6.07 Å². The molecule has 2 rings (SSSR count). The van der Waals surface area contributed by atoms with Crippen molar-refractivity contribution < 1.29 is 12.8 Å². The summed E-state index contributed by atoms with van der Waals surface area (Å²) in [5.74, 6) is 0.720. The monoisotopic (exact) mass is 514 g/mol. The van der Waals surface area contributed by atoms with Crippen LogP contribution < -0.4 is 20.3 Å². The maximum atomic E-state index is 13.9. The van der Waals surface area contributed by atoms with Crippen molar-refractivity contribution in [3.63, 3.8) is 0 Å². The Morgan fingerprint density at radius 2 is 2.22 bits per heavy atom. The first-order chi connectivity index (χ1) is 12.4. The fraction of sp³-hybridized carbons (Fsp3) is 0.625. The Morgan fingerprint density at radius 1 is 1.44 bits per heavy atom. The molecule has 0 spiro atoms. The van der Waals surface area contributed by atoms with Crippen molar-refractivity contribution >= 4 is 45.8 Å². The minimum absolute atomic E-state index is 0. The summed E-state index contributed by atoms with van der Waals surface area (Å²) < 4.78 is 39.2. The van der Waals surface area contributed by atoms with Gasteiger partial charge in [-0.3, -0.25) is 4.99 Å². The largest absolute Gasteiger partial charge is 0.357 e. The highest BCUT2D eigenvalue weighted by atomic mass is 127. The van der Waals surface area contributed by atoms with Crippen LogP contribution in [0.15, 0.2) is 23.3 Å². The molecule has 3 N–H and O–H groups in total. The van der Waals surface area contributed by atoms with Crippen LogP contribution in [0.4, 0.5) is 10.2 Å². The highest BCUT2D eigenvalue weighted by Crippen LogP contribution is 2.20. The number of halogens is 2. The van der Waals surface area contributed by atoms with Gasteiger partial charge in [0, 0.05) is 38.4 Å². The van der Waals surface area contributed by atoms with E-state index in [4.69, 9.17) is 0 Å². The van der Waals surface area contributed by atoms with Crippen LogP contribution in [0.3, 0.4) is 0 Å². The normalized spacial score (nSPS) is 17.5. The smallest absolute Gasteiger partial charge is 0.211 e. The first-order valence-corrected chi connectivity index (χ1v) is 10.5. The van der Waals surface area contributed by atoms with Crippen LogP contribution in [0.5, 0.6) is 0 Å². The lowest BCUT2D eigenvalue weighted by Gasteiger charge is -2.20. The predicted molar refractivity (Wildman–Crippen MR) is 117 cm³/mol. The number of rotatable bonds is 8. The van der Waals surface area contributed by atoms with Crippen molar-refractivity contribution in [1.29, 1.82) is 0 Å². The summed E-state index contributed by atoms with van der Waals surface area (Å²) in [5, 5.41) is 6.46. The van der Waals surface area contributed by atoms with Crippen molar-refractivity contribution in [2.75, 3.05) is 43.4 Å². The highest BCUT2D eigenvalue weighted by Gasteiger charge is 2.25. The van der Waals surface area contributed by atoms with Gasteiger partial charge in [-0.2, -0.15) is 0 Å². The molecule has 0 aliphatic carbocycles. The molecule has 1 atom stereocenters. The topological polar surface area (TPSA) is 98.7 Å². The van der Waals surface area contributed by atoms with Crippen LogP contribution in [0.25, 0.3) is 0 Å². The van der Waals surface area contributed by atoms with Crippen molar-refractivity contribution in [1.82, 2.24) is 20.3 Å². The van der Waals surface area contributed by atoms with E-state index >= 15 is 0 Å². The number of nitrogens with one attached hydrogen (secondary N) is 3. The Kier molecular flexibility index (Phi) is 10.2. The van der Waals surface area contributed by atoms with E-state index in [-0.39, 0.29) is 48.1 Å². The molecule has 8 nitrogen and oxygen atoms in total. The standard InChI is InChI=1S/C16H27FN6O2S.HI/c1-3-18-16(20-9-10-21-26(24,25)4-2)22-13-7-11-23(12-13)15-14(17)6-5-8-19-15;/h5-6,8,13,21H,3-4,7,9-12H2,1-2H3,(H2,18,20,22);1H. The van der Waals surface area contributed by atoms with Gasteiger partial charge in [0.1, 0.15) is 0 Å². The van der Waals surface area contributed by atoms with E-state index in [1.807, 2.05) is 11.8 Å². The molecular formula is C16H28FIN6O2S. The van der Waals surface area contributed by atoms with Gasteiger partial charge in [0.2, 0.25) is 10.0 Å². The summed E-state index contributed by atoms with van der Waals surface area (Å²) in [5.41, 5.74) is 0. The first kappa shape index (κ1) is 23.8. The van der Waals surface area contributed by atoms with Crippen LogP contribution >= 0.6 is 24.0 Å². The van der Waals surface area contributed by atoms with Crippen molar-refractivity contribution in [3.8, 4) is 0 Å². The van der Waals surface area contributed by atoms with Crippen LogP contribution in [0, 0.1) is 5.82 Å². The average Bonchev–Trinajstić information content (AvgIpc) is 3.07. The quantitative estimate of drug-likeness (QED) is 0.207. The molecule has 2 heterocycles. The van der Waals surface area contributed by atoms with Gasteiger partial charge >= 0.3 is 0 Å². The third-order valence-electron chi connectivity index (χ3n) is 4.00. The maximum Gasteiger partial charge on any atom is 0.211 e. The molecule has 1 aliphatic rings. The zero-order valence-corrected chi connectivity index (χ0v) is 18.8. The lowest BCUT2D eigenvalue weighted by molar-refractivity contribution is 0.583. The van der Waals surface area contributed by atoms with Gasteiger partial charge in [-0.15, -0.1) is 24.0 Å². The van der Waals surface area contributed by atoms with Crippen LogP contribution in [0.2, 0.25) is 0 Å². The molecule has 27 heavy (non-hydrogen) atoms. The van der Waals surface area contributed by atoms with Gasteiger partial charge in [-0.05, 0) is 32.4 Å².